The predicted octanol–water partition coefficient (Wildman–Crippen LogP) is 4.01. The van der Waals surface area contributed by atoms with Crippen molar-refractivity contribution in [2.75, 3.05) is 12.4 Å². The van der Waals surface area contributed by atoms with Gasteiger partial charge in [0, 0.05) is 17.4 Å². The third kappa shape index (κ3) is 5.94. The van der Waals surface area contributed by atoms with E-state index in [9.17, 15) is 9.59 Å². The van der Waals surface area contributed by atoms with Gasteiger partial charge in [-0.2, -0.15) is 0 Å². The molecule has 3 aromatic rings. The minimum absolute atomic E-state index is 0.229. The predicted molar refractivity (Wildman–Crippen MR) is 121 cm³/mol. The Bertz CT molecular complexity index is 1000. The molecule has 0 unspecified atom stereocenters. The normalized spacial score (nSPS) is 11.7. The van der Waals surface area contributed by atoms with E-state index in [2.05, 4.69) is 20.6 Å². The van der Waals surface area contributed by atoms with E-state index in [1.807, 2.05) is 56.3 Å². The number of nitrogens with one attached hydrogen (secondary N) is 3. The molecule has 0 fully saturated rings. The summed E-state index contributed by atoms with van der Waals surface area (Å²) in [5.41, 5.74) is 4.02. The second kappa shape index (κ2) is 10.4. The lowest BCUT2D eigenvalue weighted by molar-refractivity contribution is -0.143. The zero-order chi connectivity index (χ0) is 22.2. The molecular formula is C24H28N4O3. The molecule has 1 amide bonds. The number of hydrogen-bond donors (Lipinski definition) is 3. The molecule has 2 aromatic carbocycles. The Morgan fingerprint density at radius 1 is 1.13 bits per heavy atom. The van der Waals surface area contributed by atoms with E-state index in [0.717, 1.165) is 22.5 Å². The number of methoxy groups -OCH3 is 1. The van der Waals surface area contributed by atoms with Crippen LogP contribution in [0.3, 0.4) is 0 Å². The summed E-state index contributed by atoms with van der Waals surface area (Å²) in [4.78, 5) is 32.4. The highest BCUT2D eigenvalue weighted by Crippen LogP contribution is 2.27. The number of rotatable bonds is 9. The molecule has 0 aliphatic heterocycles. The van der Waals surface area contributed by atoms with Crippen molar-refractivity contribution in [1.29, 1.82) is 0 Å². The fourth-order valence-electron chi connectivity index (χ4n) is 3.35. The zero-order valence-corrected chi connectivity index (χ0v) is 18.0. The lowest BCUT2D eigenvalue weighted by Crippen LogP contribution is -2.42. The van der Waals surface area contributed by atoms with Gasteiger partial charge in [-0.1, -0.05) is 44.2 Å². The first-order valence-corrected chi connectivity index (χ1v) is 10.3. The van der Waals surface area contributed by atoms with Gasteiger partial charge in [0.25, 0.3) is 5.91 Å². The second-order valence-corrected chi connectivity index (χ2v) is 7.74. The van der Waals surface area contributed by atoms with Gasteiger partial charge < -0.3 is 20.4 Å². The Morgan fingerprint density at radius 2 is 1.90 bits per heavy atom. The van der Waals surface area contributed by atoms with E-state index in [1.165, 1.54) is 7.11 Å². The number of esters is 1. The van der Waals surface area contributed by atoms with Gasteiger partial charge in [-0.15, -0.1) is 0 Å². The van der Waals surface area contributed by atoms with E-state index in [1.54, 1.807) is 18.6 Å². The fraction of sp³-hybridized carbons (Fsp3) is 0.292. The molecule has 1 aromatic heterocycles. The maximum Gasteiger partial charge on any atom is 0.328 e. The average molecular weight is 421 g/mol. The number of imidazole rings is 1. The Balaban J connectivity index is 1.88. The van der Waals surface area contributed by atoms with Gasteiger partial charge in [0.15, 0.2) is 0 Å². The number of aromatic nitrogens is 2. The lowest BCUT2D eigenvalue weighted by atomic mass is 9.97. The molecule has 7 heteroatoms. The van der Waals surface area contributed by atoms with Gasteiger partial charge in [-0.25, -0.2) is 9.78 Å². The minimum atomic E-state index is -0.695. The molecule has 3 rings (SSSR count). The first kappa shape index (κ1) is 22.1. The third-order valence-electron chi connectivity index (χ3n) is 4.88. The van der Waals surface area contributed by atoms with Crippen LogP contribution in [-0.2, 0) is 16.1 Å². The molecular weight excluding hydrogens is 392 g/mol. The van der Waals surface area contributed by atoms with Crippen LogP contribution >= 0.6 is 0 Å². The molecule has 31 heavy (non-hydrogen) atoms. The van der Waals surface area contributed by atoms with Gasteiger partial charge in [-0.05, 0) is 41.7 Å². The van der Waals surface area contributed by atoms with Crippen LogP contribution in [0.15, 0.2) is 61.1 Å². The summed E-state index contributed by atoms with van der Waals surface area (Å²) in [6.07, 6.45) is 3.90. The lowest BCUT2D eigenvalue weighted by Gasteiger charge is -2.20. The number of benzene rings is 2. The maximum absolute atomic E-state index is 13.2. The summed E-state index contributed by atoms with van der Waals surface area (Å²) < 4.78 is 4.88. The van der Waals surface area contributed by atoms with E-state index >= 15 is 0 Å². The minimum Gasteiger partial charge on any atom is -0.467 e. The van der Waals surface area contributed by atoms with Crippen molar-refractivity contribution in [1.82, 2.24) is 15.3 Å². The number of carbonyl (C=O) groups excluding carboxylic acids is 2. The summed E-state index contributed by atoms with van der Waals surface area (Å²) in [5, 5.41) is 6.19. The van der Waals surface area contributed by atoms with Crippen LogP contribution in [0.1, 0.15) is 36.3 Å². The van der Waals surface area contributed by atoms with Gasteiger partial charge in [0.05, 0.1) is 25.7 Å². The van der Waals surface area contributed by atoms with Gasteiger partial charge >= 0.3 is 5.97 Å². The van der Waals surface area contributed by atoms with Crippen molar-refractivity contribution < 1.29 is 14.3 Å². The Hall–Kier alpha value is -3.61. The van der Waals surface area contributed by atoms with Crippen LogP contribution in [0.4, 0.5) is 5.69 Å². The highest BCUT2D eigenvalue weighted by Gasteiger charge is 2.24. The number of H-pyrrole nitrogens is 1. The monoisotopic (exact) mass is 420 g/mol. The van der Waals surface area contributed by atoms with Crippen molar-refractivity contribution in [3.05, 3.63) is 72.3 Å². The van der Waals surface area contributed by atoms with Crippen LogP contribution < -0.4 is 10.6 Å². The SMILES string of the molecule is COC(=O)[C@H](CC(C)C)NC(=O)c1ccc(NCc2cnc[nH]2)cc1-c1ccccc1. The quantitative estimate of drug-likeness (QED) is 0.455. The molecule has 0 saturated carbocycles. The second-order valence-electron chi connectivity index (χ2n) is 7.74. The molecule has 1 atom stereocenters. The van der Waals surface area contributed by atoms with Crippen LogP contribution in [0.2, 0.25) is 0 Å². The van der Waals surface area contributed by atoms with E-state index in [-0.39, 0.29) is 11.8 Å². The van der Waals surface area contributed by atoms with Crippen molar-refractivity contribution >= 4 is 17.6 Å². The van der Waals surface area contributed by atoms with Gasteiger partial charge in [0.1, 0.15) is 6.04 Å². The summed E-state index contributed by atoms with van der Waals surface area (Å²) >= 11 is 0. The van der Waals surface area contributed by atoms with E-state index < -0.39 is 12.0 Å². The van der Waals surface area contributed by atoms with Gasteiger partial charge in [-0.3, -0.25) is 4.79 Å². The number of nitrogens with zero attached hydrogens (tertiary/aromatic N) is 1. The molecule has 162 valence electrons. The van der Waals surface area contributed by atoms with E-state index in [0.29, 0.717) is 18.5 Å². The maximum atomic E-state index is 13.2. The Labute approximate surface area is 182 Å². The Kier molecular flexibility index (Phi) is 7.43. The molecule has 0 bridgehead atoms. The number of amides is 1. The third-order valence-corrected chi connectivity index (χ3v) is 4.88. The Morgan fingerprint density at radius 3 is 2.55 bits per heavy atom. The average Bonchev–Trinajstić information content (AvgIpc) is 3.30. The number of anilines is 1. The fourth-order valence-corrected chi connectivity index (χ4v) is 3.35. The highest BCUT2D eigenvalue weighted by atomic mass is 16.5. The first-order chi connectivity index (χ1) is 15.0. The number of aromatic amines is 1. The topological polar surface area (TPSA) is 96.1 Å². The van der Waals surface area contributed by atoms with Crippen LogP contribution in [0, 0.1) is 5.92 Å². The number of hydrogen-bond acceptors (Lipinski definition) is 5. The highest BCUT2D eigenvalue weighted by molar-refractivity contribution is 6.03. The molecule has 0 aliphatic carbocycles. The van der Waals surface area contributed by atoms with E-state index in [4.69, 9.17) is 4.74 Å². The molecule has 1 heterocycles. The molecule has 0 aliphatic rings. The first-order valence-electron chi connectivity index (χ1n) is 10.3. The summed E-state index contributed by atoms with van der Waals surface area (Å²) in [7, 11) is 1.33. The standard InChI is InChI=1S/C24H28N4O3/c1-16(2)11-22(24(30)31-3)28-23(29)20-10-9-18(26-14-19-13-25-15-27-19)12-21(20)17-7-5-4-6-8-17/h4-10,12-13,15-16,22,26H,11,14H2,1-3H3,(H,25,27)(H,28,29)/t22-/m0/s1. The summed E-state index contributed by atoms with van der Waals surface area (Å²) in [6.45, 7) is 4.58. The van der Waals surface area contributed by atoms with Crippen LogP contribution in [0.5, 0.6) is 0 Å². The molecule has 0 spiro atoms. The zero-order valence-electron chi connectivity index (χ0n) is 18.0. The van der Waals surface area contributed by atoms with Crippen molar-refractivity contribution in [3.8, 4) is 11.1 Å². The van der Waals surface area contributed by atoms with Crippen molar-refractivity contribution in [2.24, 2.45) is 5.92 Å². The van der Waals surface area contributed by atoms with Crippen LogP contribution in [0.25, 0.3) is 11.1 Å². The smallest absolute Gasteiger partial charge is 0.328 e. The summed E-state index contributed by atoms with van der Waals surface area (Å²) in [6, 6.07) is 14.6. The summed E-state index contributed by atoms with van der Waals surface area (Å²) in [5.74, 6) is -0.525. The van der Waals surface area contributed by atoms with Crippen molar-refractivity contribution in [3.63, 3.8) is 0 Å². The molecule has 0 radical (unpaired) electrons. The molecule has 0 saturated heterocycles. The molecule has 7 nitrogen and oxygen atoms in total. The number of ether oxygens (including phenoxy) is 1. The number of carbonyl (C=O) groups is 2. The molecule has 3 N–H and O–H groups in total. The largest absolute Gasteiger partial charge is 0.467 e. The van der Waals surface area contributed by atoms with Crippen LogP contribution in [-0.4, -0.2) is 35.0 Å². The van der Waals surface area contributed by atoms with Crippen molar-refractivity contribution in [2.45, 2.75) is 32.9 Å². The van der Waals surface area contributed by atoms with Gasteiger partial charge in [0.2, 0.25) is 0 Å².